The SMILES string of the molecule is C=CC(C)(C)OC(=O)CCc1cc(NC(=O)C(c2ccc(CN3N=C(c4ccccc4)OCC3=O)cc2)C2CCCC2)ccc1F. The molecule has 9 heteroatoms. The third-order valence-corrected chi connectivity index (χ3v) is 8.46. The molecule has 1 atom stereocenters. The van der Waals surface area contributed by atoms with E-state index in [1.165, 1.54) is 23.2 Å². The summed E-state index contributed by atoms with van der Waals surface area (Å²) < 4.78 is 25.6. The Morgan fingerprint density at radius 3 is 2.52 bits per heavy atom. The fraction of sp³-hybridized carbons (Fsp3) is 0.351. The van der Waals surface area contributed by atoms with E-state index in [2.05, 4.69) is 17.0 Å². The average molecular weight is 626 g/mol. The van der Waals surface area contributed by atoms with Gasteiger partial charge in [-0.15, -0.1) is 5.10 Å². The zero-order valence-corrected chi connectivity index (χ0v) is 26.3. The van der Waals surface area contributed by atoms with E-state index < -0.39 is 23.3 Å². The van der Waals surface area contributed by atoms with Gasteiger partial charge >= 0.3 is 5.97 Å². The number of amides is 2. The predicted octanol–water partition coefficient (Wildman–Crippen LogP) is 6.90. The van der Waals surface area contributed by atoms with E-state index in [1.54, 1.807) is 19.9 Å². The van der Waals surface area contributed by atoms with Crippen molar-refractivity contribution in [2.75, 3.05) is 11.9 Å². The molecule has 1 aliphatic heterocycles. The molecule has 5 rings (SSSR count). The summed E-state index contributed by atoms with van der Waals surface area (Å²) in [6, 6.07) is 21.6. The summed E-state index contributed by atoms with van der Waals surface area (Å²) in [6.45, 7) is 7.31. The number of carbonyl (C=O) groups is 3. The average Bonchev–Trinajstić information content (AvgIpc) is 3.58. The summed E-state index contributed by atoms with van der Waals surface area (Å²) in [6.07, 6.45) is 5.68. The Labute approximate surface area is 269 Å². The molecule has 46 heavy (non-hydrogen) atoms. The van der Waals surface area contributed by atoms with Crippen molar-refractivity contribution < 1.29 is 28.2 Å². The molecule has 0 bridgehead atoms. The van der Waals surface area contributed by atoms with Crippen LogP contribution in [0.25, 0.3) is 0 Å². The minimum absolute atomic E-state index is 0.00241. The van der Waals surface area contributed by atoms with Crippen molar-refractivity contribution in [1.82, 2.24) is 5.01 Å². The van der Waals surface area contributed by atoms with Crippen LogP contribution >= 0.6 is 0 Å². The highest BCUT2D eigenvalue weighted by atomic mass is 19.1. The van der Waals surface area contributed by atoms with E-state index in [0.717, 1.165) is 42.4 Å². The first-order chi connectivity index (χ1) is 22.1. The van der Waals surface area contributed by atoms with Gasteiger partial charge in [-0.3, -0.25) is 14.4 Å². The van der Waals surface area contributed by atoms with E-state index in [9.17, 15) is 18.8 Å². The van der Waals surface area contributed by atoms with Crippen LogP contribution in [0.5, 0.6) is 0 Å². The highest BCUT2D eigenvalue weighted by Gasteiger charge is 2.32. The van der Waals surface area contributed by atoms with Crippen molar-refractivity contribution in [2.45, 2.75) is 70.4 Å². The van der Waals surface area contributed by atoms with Crippen molar-refractivity contribution in [3.05, 3.63) is 114 Å². The Morgan fingerprint density at radius 2 is 1.83 bits per heavy atom. The van der Waals surface area contributed by atoms with Crippen molar-refractivity contribution in [1.29, 1.82) is 0 Å². The van der Waals surface area contributed by atoms with E-state index in [-0.39, 0.29) is 43.7 Å². The number of halogens is 1. The zero-order chi connectivity index (χ0) is 32.7. The molecule has 1 heterocycles. The van der Waals surface area contributed by atoms with Gasteiger partial charge in [-0.05, 0) is 92.1 Å². The van der Waals surface area contributed by atoms with E-state index in [0.29, 0.717) is 17.1 Å². The molecule has 1 saturated carbocycles. The maximum absolute atomic E-state index is 14.6. The van der Waals surface area contributed by atoms with Gasteiger partial charge in [-0.1, -0.05) is 61.9 Å². The number of hydrogen-bond acceptors (Lipinski definition) is 6. The largest absolute Gasteiger partial charge is 0.466 e. The highest BCUT2D eigenvalue weighted by Crippen LogP contribution is 2.38. The predicted molar refractivity (Wildman–Crippen MR) is 174 cm³/mol. The van der Waals surface area contributed by atoms with Crippen molar-refractivity contribution in [3.8, 4) is 0 Å². The van der Waals surface area contributed by atoms with E-state index in [4.69, 9.17) is 9.47 Å². The molecule has 1 fully saturated rings. The first-order valence-corrected chi connectivity index (χ1v) is 15.7. The van der Waals surface area contributed by atoms with Crippen molar-refractivity contribution in [2.24, 2.45) is 11.0 Å². The number of nitrogens with one attached hydrogen (secondary N) is 1. The number of rotatable bonds is 12. The monoisotopic (exact) mass is 625 g/mol. The molecule has 2 aliphatic rings. The minimum Gasteiger partial charge on any atom is -0.466 e. The summed E-state index contributed by atoms with van der Waals surface area (Å²) >= 11 is 0. The Morgan fingerprint density at radius 1 is 1.11 bits per heavy atom. The molecule has 8 nitrogen and oxygen atoms in total. The first kappa shape index (κ1) is 32.6. The van der Waals surface area contributed by atoms with Gasteiger partial charge in [0.15, 0.2) is 6.61 Å². The van der Waals surface area contributed by atoms with Crippen LogP contribution in [0.15, 0.2) is 90.6 Å². The van der Waals surface area contributed by atoms with Gasteiger partial charge in [0.05, 0.1) is 12.5 Å². The number of anilines is 1. The standard InChI is InChI=1S/C37H40FN3O5/c1-4-37(2,3)46-33(43)21-18-29-22-30(19-20-31(29)38)39-35(44)34(26-10-8-9-11-26)27-16-14-25(15-17-27)23-41-32(42)24-45-36(40-41)28-12-6-5-7-13-28/h4-7,12-17,19-20,22,26,34H,1,8-11,18,21,23-24H2,2-3H3,(H,39,44). The number of benzene rings is 3. The second-order valence-electron chi connectivity index (χ2n) is 12.4. The highest BCUT2D eigenvalue weighted by molar-refractivity contribution is 5.98. The van der Waals surface area contributed by atoms with Gasteiger partial charge in [0.2, 0.25) is 11.8 Å². The number of carbonyl (C=O) groups excluding carboxylic acids is 3. The molecule has 1 N–H and O–H groups in total. The molecule has 240 valence electrons. The topological polar surface area (TPSA) is 97.3 Å². The molecule has 3 aromatic rings. The van der Waals surface area contributed by atoms with Crippen LogP contribution in [0, 0.1) is 11.7 Å². The molecular formula is C37H40FN3O5. The molecular weight excluding hydrogens is 585 g/mol. The van der Waals surface area contributed by atoms with Crippen molar-refractivity contribution >= 4 is 29.4 Å². The number of ether oxygens (including phenoxy) is 2. The van der Waals surface area contributed by atoms with Crippen LogP contribution in [0.2, 0.25) is 0 Å². The van der Waals surface area contributed by atoms with Crippen LogP contribution in [-0.4, -0.2) is 40.9 Å². The lowest BCUT2D eigenvalue weighted by Gasteiger charge is -2.25. The second-order valence-corrected chi connectivity index (χ2v) is 12.4. The summed E-state index contributed by atoms with van der Waals surface area (Å²) in [4.78, 5) is 38.7. The molecule has 0 saturated heterocycles. The Bertz CT molecular complexity index is 1600. The fourth-order valence-corrected chi connectivity index (χ4v) is 5.86. The Balaban J connectivity index is 1.28. The lowest BCUT2D eigenvalue weighted by atomic mass is 9.83. The fourth-order valence-electron chi connectivity index (χ4n) is 5.86. The summed E-state index contributed by atoms with van der Waals surface area (Å²) in [7, 11) is 0. The van der Waals surface area contributed by atoms with Crippen LogP contribution in [-0.2, 0) is 36.8 Å². The lowest BCUT2D eigenvalue weighted by Crippen LogP contribution is -2.36. The molecule has 2 amide bonds. The second kappa shape index (κ2) is 14.5. The summed E-state index contributed by atoms with van der Waals surface area (Å²) in [5.74, 6) is -1.12. The molecule has 3 aromatic carbocycles. The third kappa shape index (κ3) is 8.27. The van der Waals surface area contributed by atoms with Gasteiger partial charge < -0.3 is 14.8 Å². The maximum Gasteiger partial charge on any atom is 0.306 e. The summed E-state index contributed by atoms with van der Waals surface area (Å²) in [5.41, 5.74) is 2.54. The number of hydrazone groups is 1. The number of hydrogen-bond donors (Lipinski definition) is 1. The summed E-state index contributed by atoms with van der Waals surface area (Å²) in [5, 5.41) is 8.86. The molecule has 0 spiro atoms. The van der Waals surface area contributed by atoms with Crippen molar-refractivity contribution in [3.63, 3.8) is 0 Å². The van der Waals surface area contributed by atoms with Crippen LogP contribution < -0.4 is 5.32 Å². The van der Waals surface area contributed by atoms with Crippen LogP contribution in [0.3, 0.4) is 0 Å². The van der Waals surface area contributed by atoms with E-state index in [1.807, 2.05) is 54.6 Å². The molecule has 1 aliphatic carbocycles. The normalized spacial score (nSPS) is 15.9. The van der Waals surface area contributed by atoms with E-state index >= 15 is 0 Å². The van der Waals surface area contributed by atoms with Crippen LogP contribution in [0.4, 0.5) is 10.1 Å². The van der Waals surface area contributed by atoms with Gasteiger partial charge in [-0.25, -0.2) is 9.40 Å². The Hall–Kier alpha value is -4.79. The molecule has 0 aromatic heterocycles. The van der Waals surface area contributed by atoms with Gasteiger partial charge in [0.1, 0.15) is 11.4 Å². The smallest absolute Gasteiger partial charge is 0.306 e. The lowest BCUT2D eigenvalue weighted by molar-refractivity contribution is -0.152. The first-order valence-electron chi connectivity index (χ1n) is 15.7. The Kier molecular flexibility index (Phi) is 10.3. The molecule has 1 unspecified atom stereocenters. The third-order valence-electron chi connectivity index (χ3n) is 8.46. The maximum atomic E-state index is 14.6. The van der Waals surface area contributed by atoms with Gasteiger partial charge in [-0.2, -0.15) is 0 Å². The van der Waals surface area contributed by atoms with Gasteiger partial charge in [0, 0.05) is 17.7 Å². The van der Waals surface area contributed by atoms with Crippen LogP contribution in [0.1, 0.15) is 74.1 Å². The van der Waals surface area contributed by atoms with Gasteiger partial charge in [0.25, 0.3) is 5.91 Å². The quantitative estimate of drug-likeness (QED) is 0.175. The zero-order valence-electron chi connectivity index (χ0n) is 26.3. The number of aryl methyl sites for hydroxylation is 1. The minimum atomic E-state index is -0.807. The molecule has 0 radical (unpaired) electrons. The number of esters is 1. The number of nitrogens with zero attached hydrogens (tertiary/aromatic N) is 2.